The lowest BCUT2D eigenvalue weighted by molar-refractivity contribution is 0.254. The molecule has 2 N–H and O–H groups in total. The van der Waals surface area contributed by atoms with Crippen LogP contribution in [0.5, 0.6) is 0 Å². The Morgan fingerprint density at radius 1 is 1.54 bits per heavy atom. The van der Waals surface area contributed by atoms with Crippen molar-refractivity contribution in [2.45, 2.75) is 5.88 Å². The van der Waals surface area contributed by atoms with Gasteiger partial charge in [0.1, 0.15) is 0 Å². The fourth-order valence-electron chi connectivity index (χ4n) is 0.926. The van der Waals surface area contributed by atoms with Gasteiger partial charge in [0.15, 0.2) is 0 Å². The number of anilines is 1. The van der Waals surface area contributed by atoms with Gasteiger partial charge in [-0.2, -0.15) is 0 Å². The van der Waals surface area contributed by atoms with E-state index in [1.165, 1.54) is 0 Å². The SMILES string of the molecule is CNC(=O)Nc1cccc(CCl)c1. The average Bonchev–Trinajstić information content (AvgIpc) is 2.18. The second-order valence-electron chi connectivity index (χ2n) is 2.54. The molecule has 0 atom stereocenters. The van der Waals surface area contributed by atoms with Gasteiger partial charge in [-0.15, -0.1) is 11.6 Å². The molecule has 1 aromatic rings. The Kier molecular flexibility index (Phi) is 3.58. The predicted octanol–water partition coefficient (Wildman–Crippen LogP) is 2.18. The summed E-state index contributed by atoms with van der Waals surface area (Å²) in [4.78, 5) is 10.9. The van der Waals surface area contributed by atoms with E-state index in [9.17, 15) is 4.79 Å². The topological polar surface area (TPSA) is 41.1 Å². The Labute approximate surface area is 82.1 Å². The average molecular weight is 199 g/mol. The largest absolute Gasteiger partial charge is 0.341 e. The quantitative estimate of drug-likeness (QED) is 0.703. The van der Waals surface area contributed by atoms with Gasteiger partial charge in [-0.3, -0.25) is 0 Å². The van der Waals surface area contributed by atoms with E-state index in [4.69, 9.17) is 11.6 Å². The third-order valence-electron chi connectivity index (χ3n) is 1.57. The molecule has 0 aliphatic rings. The zero-order valence-electron chi connectivity index (χ0n) is 7.30. The van der Waals surface area contributed by atoms with E-state index >= 15 is 0 Å². The number of rotatable bonds is 2. The van der Waals surface area contributed by atoms with Gasteiger partial charge in [-0.1, -0.05) is 12.1 Å². The molecule has 13 heavy (non-hydrogen) atoms. The maximum absolute atomic E-state index is 10.9. The zero-order valence-corrected chi connectivity index (χ0v) is 8.06. The van der Waals surface area contributed by atoms with Crippen LogP contribution in [0.2, 0.25) is 0 Å². The first kappa shape index (κ1) is 9.86. The third kappa shape index (κ3) is 2.95. The minimum atomic E-state index is -0.230. The molecular formula is C9H11ClN2O. The van der Waals surface area contributed by atoms with E-state index in [0.717, 1.165) is 11.3 Å². The van der Waals surface area contributed by atoms with E-state index in [2.05, 4.69) is 10.6 Å². The molecule has 0 saturated heterocycles. The van der Waals surface area contributed by atoms with Crippen molar-refractivity contribution in [2.75, 3.05) is 12.4 Å². The van der Waals surface area contributed by atoms with Crippen molar-refractivity contribution in [2.24, 2.45) is 0 Å². The summed E-state index contributed by atoms with van der Waals surface area (Å²) in [5.41, 5.74) is 1.73. The van der Waals surface area contributed by atoms with Crippen molar-refractivity contribution in [1.82, 2.24) is 5.32 Å². The molecule has 0 aliphatic heterocycles. The van der Waals surface area contributed by atoms with Crippen LogP contribution < -0.4 is 10.6 Å². The Balaban J connectivity index is 2.71. The number of carbonyl (C=O) groups is 1. The maximum Gasteiger partial charge on any atom is 0.318 e. The monoisotopic (exact) mass is 198 g/mol. The van der Waals surface area contributed by atoms with Gasteiger partial charge < -0.3 is 10.6 Å². The molecule has 0 spiro atoms. The van der Waals surface area contributed by atoms with Crippen LogP contribution in [0.1, 0.15) is 5.56 Å². The maximum atomic E-state index is 10.9. The molecule has 70 valence electrons. The van der Waals surface area contributed by atoms with Crippen molar-refractivity contribution in [1.29, 1.82) is 0 Å². The highest BCUT2D eigenvalue weighted by molar-refractivity contribution is 6.17. The van der Waals surface area contributed by atoms with E-state index in [1.807, 2.05) is 24.3 Å². The fourth-order valence-corrected chi connectivity index (χ4v) is 1.09. The number of alkyl halides is 1. The minimum absolute atomic E-state index is 0.230. The molecule has 2 amide bonds. The third-order valence-corrected chi connectivity index (χ3v) is 1.87. The van der Waals surface area contributed by atoms with Crippen LogP contribution in [-0.4, -0.2) is 13.1 Å². The summed E-state index contributed by atoms with van der Waals surface area (Å²) in [7, 11) is 1.57. The Morgan fingerprint density at radius 3 is 2.92 bits per heavy atom. The first-order valence-electron chi connectivity index (χ1n) is 3.90. The Morgan fingerprint density at radius 2 is 2.31 bits per heavy atom. The summed E-state index contributed by atoms with van der Waals surface area (Å²) in [6.45, 7) is 0. The summed E-state index contributed by atoms with van der Waals surface area (Å²) in [5.74, 6) is 0.448. The first-order chi connectivity index (χ1) is 6.26. The van der Waals surface area contributed by atoms with Crippen LogP contribution >= 0.6 is 11.6 Å². The molecule has 4 heteroatoms. The second-order valence-corrected chi connectivity index (χ2v) is 2.81. The van der Waals surface area contributed by atoms with E-state index in [0.29, 0.717) is 5.88 Å². The van der Waals surface area contributed by atoms with Gasteiger partial charge >= 0.3 is 6.03 Å². The van der Waals surface area contributed by atoms with Crippen molar-refractivity contribution in [3.8, 4) is 0 Å². The second kappa shape index (κ2) is 4.72. The first-order valence-corrected chi connectivity index (χ1v) is 4.43. The molecule has 0 bridgehead atoms. The van der Waals surface area contributed by atoms with Crippen LogP contribution in [0.3, 0.4) is 0 Å². The summed E-state index contributed by atoms with van der Waals surface area (Å²) < 4.78 is 0. The van der Waals surface area contributed by atoms with Crippen LogP contribution in [0, 0.1) is 0 Å². The highest BCUT2D eigenvalue weighted by Gasteiger charge is 1.98. The molecule has 0 aromatic heterocycles. The zero-order chi connectivity index (χ0) is 9.68. The number of amides is 2. The lowest BCUT2D eigenvalue weighted by Gasteiger charge is -2.04. The standard InChI is InChI=1S/C9H11ClN2O/c1-11-9(13)12-8-4-2-3-7(5-8)6-10/h2-5H,6H2,1H3,(H2,11,12,13). The van der Waals surface area contributed by atoms with E-state index in [1.54, 1.807) is 7.05 Å². The Bertz CT molecular complexity index is 301. The van der Waals surface area contributed by atoms with Gasteiger partial charge in [0.05, 0.1) is 0 Å². The highest BCUT2D eigenvalue weighted by atomic mass is 35.5. The molecule has 0 fully saturated rings. The van der Waals surface area contributed by atoms with Crippen LogP contribution in [0.25, 0.3) is 0 Å². The van der Waals surface area contributed by atoms with Gasteiger partial charge in [0, 0.05) is 18.6 Å². The van der Waals surface area contributed by atoms with Crippen molar-refractivity contribution >= 4 is 23.3 Å². The van der Waals surface area contributed by atoms with Crippen LogP contribution in [0.4, 0.5) is 10.5 Å². The van der Waals surface area contributed by atoms with Gasteiger partial charge in [-0.05, 0) is 17.7 Å². The normalized spacial score (nSPS) is 9.38. The molecule has 1 rings (SSSR count). The van der Waals surface area contributed by atoms with Crippen molar-refractivity contribution in [3.63, 3.8) is 0 Å². The highest BCUT2D eigenvalue weighted by Crippen LogP contribution is 2.11. The molecule has 0 radical (unpaired) electrons. The van der Waals surface area contributed by atoms with Crippen LogP contribution in [0.15, 0.2) is 24.3 Å². The Hall–Kier alpha value is -1.22. The summed E-state index contributed by atoms with van der Waals surface area (Å²) in [5, 5.41) is 5.13. The smallest absolute Gasteiger partial charge is 0.318 e. The van der Waals surface area contributed by atoms with Gasteiger partial charge in [-0.25, -0.2) is 4.79 Å². The predicted molar refractivity (Wildman–Crippen MR) is 54.1 cm³/mol. The number of carbonyl (C=O) groups excluding carboxylic acids is 1. The van der Waals surface area contributed by atoms with Crippen molar-refractivity contribution < 1.29 is 4.79 Å². The van der Waals surface area contributed by atoms with Gasteiger partial charge in [0.25, 0.3) is 0 Å². The molecular weight excluding hydrogens is 188 g/mol. The number of urea groups is 1. The number of benzene rings is 1. The number of hydrogen-bond acceptors (Lipinski definition) is 1. The summed E-state index contributed by atoms with van der Waals surface area (Å²) in [6, 6.07) is 7.17. The number of halogens is 1. The van der Waals surface area contributed by atoms with Crippen molar-refractivity contribution in [3.05, 3.63) is 29.8 Å². The summed E-state index contributed by atoms with van der Waals surface area (Å²) in [6.07, 6.45) is 0. The number of nitrogens with one attached hydrogen (secondary N) is 2. The molecule has 0 aliphatic carbocycles. The fraction of sp³-hybridized carbons (Fsp3) is 0.222. The van der Waals surface area contributed by atoms with Crippen LogP contribution in [-0.2, 0) is 5.88 Å². The lowest BCUT2D eigenvalue weighted by atomic mass is 10.2. The molecule has 1 aromatic carbocycles. The molecule has 0 saturated carbocycles. The van der Waals surface area contributed by atoms with E-state index in [-0.39, 0.29) is 6.03 Å². The van der Waals surface area contributed by atoms with Gasteiger partial charge in [0.2, 0.25) is 0 Å². The minimum Gasteiger partial charge on any atom is -0.341 e. The molecule has 0 unspecified atom stereocenters. The van der Waals surface area contributed by atoms with E-state index < -0.39 is 0 Å². The molecule has 0 heterocycles. The molecule has 3 nitrogen and oxygen atoms in total. The lowest BCUT2D eigenvalue weighted by Crippen LogP contribution is -2.24. The number of hydrogen-bond donors (Lipinski definition) is 2. The summed E-state index contributed by atoms with van der Waals surface area (Å²) >= 11 is 5.64.